The van der Waals surface area contributed by atoms with Gasteiger partial charge in [-0.3, -0.25) is 4.99 Å². The topological polar surface area (TPSA) is 65.5 Å². The van der Waals surface area contributed by atoms with Crippen molar-refractivity contribution in [3.63, 3.8) is 0 Å². The molecule has 0 fully saturated rings. The Hall–Kier alpha value is -2.55. The second-order valence-corrected chi connectivity index (χ2v) is 6.95. The lowest BCUT2D eigenvalue weighted by Gasteiger charge is -2.22. The standard InChI is InChI=1S/C22H25N5O.HI/c1-23-22(25-13-18-12-17-10-6-7-11-20(17)28-18)27(2)15-21-24-14-19(26-21)16-8-4-3-5-9-16;/h3-11,14,18H,12-13,15H2,1-2H3,(H,23,25)(H,24,26);1H. The lowest BCUT2D eigenvalue weighted by Crippen LogP contribution is -2.43. The lowest BCUT2D eigenvalue weighted by molar-refractivity contribution is 0.233. The maximum Gasteiger partial charge on any atom is 0.193 e. The number of nitrogens with zero attached hydrogens (tertiary/aromatic N) is 3. The largest absolute Gasteiger partial charge is 0.488 e. The van der Waals surface area contributed by atoms with Crippen molar-refractivity contribution in [1.82, 2.24) is 20.2 Å². The predicted octanol–water partition coefficient (Wildman–Crippen LogP) is 3.71. The monoisotopic (exact) mass is 503 g/mol. The molecule has 29 heavy (non-hydrogen) atoms. The molecule has 4 rings (SSSR count). The number of H-pyrrole nitrogens is 1. The van der Waals surface area contributed by atoms with E-state index in [2.05, 4.69) is 49.4 Å². The van der Waals surface area contributed by atoms with Crippen LogP contribution in [0.25, 0.3) is 11.3 Å². The number of hydrogen-bond donors (Lipinski definition) is 2. The van der Waals surface area contributed by atoms with Gasteiger partial charge >= 0.3 is 0 Å². The summed E-state index contributed by atoms with van der Waals surface area (Å²) in [6, 6.07) is 18.4. The first kappa shape index (κ1) is 21.2. The molecule has 1 atom stereocenters. The van der Waals surface area contributed by atoms with Crippen LogP contribution in [0.15, 0.2) is 65.8 Å². The zero-order chi connectivity index (χ0) is 19.3. The van der Waals surface area contributed by atoms with Crippen molar-refractivity contribution in [2.24, 2.45) is 4.99 Å². The summed E-state index contributed by atoms with van der Waals surface area (Å²) in [5, 5.41) is 3.41. The van der Waals surface area contributed by atoms with Crippen molar-refractivity contribution in [1.29, 1.82) is 0 Å². The van der Waals surface area contributed by atoms with Crippen LogP contribution in [0.3, 0.4) is 0 Å². The highest BCUT2D eigenvalue weighted by Gasteiger charge is 2.22. The zero-order valence-electron chi connectivity index (χ0n) is 16.6. The van der Waals surface area contributed by atoms with E-state index in [9.17, 15) is 0 Å². The second-order valence-electron chi connectivity index (χ2n) is 6.95. The fourth-order valence-electron chi connectivity index (χ4n) is 3.46. The van der Waals surface area contributed by atoms with E-state index in [1.54, 1.807) is 7.05 Å². The van der Waals surface area contributed by atoms with Gasteiger partial charge in [-0.2, -0.15) is 0 Å². The molecule has 0 saturated heterocycles. The molecule has 1 aromatic heterocycles. The van der Waals surface area contributed by atoms with E-state index >= 15 is 0 Å². The van der Waals surface area contributed by atoms with Gasteiger partial charge < -0.3 is 19.9 Å². The number of rotatable bonds is 5. The van der Waals surface area contributed by atoms with Crippen LogP contribution in [-0.4, -0.2) is 47.6 Å². The van der Waals surface area contributed by atoms with Gasteiger partial charge in [0.1, 0.15) is 17.7 Å². The average molecular weight is 503 g/mol. The first-order valence-electron chi connectivity index (χ1n) is 9.48. The smallest absolute Gasteiger partial charge is 0.193 e. The Morgan fingerprint density at radius 1 is 1.21 bits per heavy atom. The molecule has 152 valence electrons. The fraction of sp³-hybridized carbons (Fsp3) is 0.273. The first-order valence-corrected chi connectivity index (χ1v) is 9.48. The van der Waals surface area contributed by atoms with Gasteiger partial charge in [0.25, 0.3) is 0 Å². The minimum atomic E-state index is 0. The van der Waals surface area contributed by atoms with Crippen molar-refractivity contribution in [3.8, 4) is 17.0 Å². The zero-order valence-corrected chi connectivity index (χ0v) is 19.0. The molecule has 0 radical (unpaired) electrons. The summed E-state index contributed by atoms with van der Waals surface area (Å²) >= 11 is 0. The summed E-state index contributed by atoms with van der Waals surface area (Å²) in [5.74, 6) is 2.70. The van der Waals surface area contributed by atoms with Crippen LogP contribution >= 0.6 is 24.0 Å². The fourth-order valence-corrected chi connectivity index (χ4v) is 3.46. The molecule has 2 heterocycles. The summed E-state index contributed by atoms with van der Waals surface area (Å²) in [6.45, 7) is 1.34. The quantitative estimate of drug-likeness (QED) is 0.317. The number of benzene rings is 2. The SMILES string of the molecule is CN=C(NCC1Cc2ccccc2O1)N(C)Cc1ncc(-c2ccccc2)[nH]1.I. The number of hydrogen-bond acceptors (Lipinski definition) is 3. The molecular weight excluding hydrogens is 477 g/mol. The van der Waals surface area contributed by atoms with Gasteiger partial charge in [-0.1, -0.05) is 48.5 Å². The summed E-state index contributed by atoms with van der Waals surface area (Å²) in [4.78, 5) is 14.3. The number of nitrogens with one attached hydrogen (secondary N) is 2. The molecule has 1 aliphatic rings. The van der Waals surface area contributed by atoms with Crippen LogP contribution in [0.5, 0.6) is 5.75 Å². The Morgan fingerprint density at radius 2 is 1.97 bits per heavy atom. The normalized spacial score (nSPS) is 15.2. The number of guanidine groups is 1. The number of aromatic nitrogens is 2. The van der Waals surface area contributed by atoms with E-state index in [0.29, 0.717) is 13.1 Å². The Bertz CT molecular complexity index is 932. The molecule has 3 aromatic rings. The number of aliphatic imine (C=N–C) groups is 1. The van der Waals surface area contributed by atoms with Crippen molar-refractivity contribution in [2.45, 2.75) is 19.1 Å². The maximum atomic E-state index is 6.00. The van der Waals surface area contributed by atoms with Gasteiger partial charge in [0, 0.05) is 20.5 Å². The van der Waals surface area contributed by atoms with E-state index in [-0.39, 0.29) is 30.1 Å². The number of imidazole rings is 1. The van der Waals surface area contributed by atoms with E-state index in [1.807, 2.05) is 43.6 Å². The van der Waals surface area contributed by atoms with Crippen LogP contribution in [-0.2, 0) is 13.0 Å². The summed E-state index contributed by atoms with van der Waals surface area (Å²) in [6.07, 6.45) is 2.91. The molecule has 0 spiro atoms. The van der Waals surface area contributed by atoms with E-state index in [1.165, 1.54) is 5.56 Å². The molecule has 0 saturated carbocycles. The minimum absolute atomic E-state index is 0. The van der Waals surface area contributed by atoms with Crippen LogP contribution in [0, 0.1) is 0 Å². The van der Waals surface area contributed by atoms with Crippen LogP contribution < -0.4 is 10.1 Å². The van der Waals surface area contributed by atoms with Crippen molar-refractivity contribution in [2.75, 3.05) is 20.6 Å². The van der Waals surface area contributed by atoms with Gasteiger partial charge in [-0.25, -0.2) is 4.98 Å². The summed E-state index contributed by atoms with van der Waals surface area (Å²) in [7, 11) is 3.80. The molecule has 0 amide bonds. The van der Waals surface area contributed by atoms with Gasteiger partial charge in [0.15, 0.2) is 5.96 Å². The molecule has 2 aromatic carbocycles. The maximum absolute atomic E-state index is 6.00. The lowest BCUT2D eigenvalue weighted by atomic mass is 10.1. The highest BCUT2D eigenvalue weighted by molar-refractivity contribution is 14.0. The van der Waals surface area contributed by atoms with Crippen LogP contribution in [0.1, 0.15) is 11.4 Å². The van der Waals surface area contributed by atoms with Gasteiger partial charge in [-0.15, -0.1) is 24.0 Å². The Kier molecular flexibility index (Phi) is 7.13. The molecule has 1 aliphatic heterocycles. The summed E-state index contributed by atoms with van der Waals surface area (Å²) in [5.41, 5.74) is 3.41. The van der Waals surface area contributed by atoms with Crippen molar-refractivity contribution < 1.29 is 4.74 Å². The Morgan fingerprint density at radius 3 is 2.72 bits per heavy atom. The molecule has 6 nitrogen and oxygen atoms in total. The van der Waals surface area contributed by atoms with Gasteiger partial charge in [0.2, 0.25) is 0 Å². The van der Waals surface area contributed by atoms with Gasteiger partial charge in [-0.05, 0) is 17.2 Å². The summed E-state index contributed by atoms with van der Waals surface area (Å²) < 4.78 is 6.00. The average Bonchev–Trinajstić information content (AvgIpc) is 3.35. The van der Waals surface area contributed by atoms with E-state index < -0.39 is 0 Å². The van der Waals surface area contributed by atoms with Crippen LogP contribution in [0.4, 0.5) is 0 Å². The minimum Gasteiger partial charge on any atom is -0.488 e. The third-order valence-electron chi connectivity index (χ3n) is 4.88. The third-order valence-corrected chi connectivity index (χ3v) is 4.88. The molecule has 1 unspecified atom stereocenters. The number of para-hydroxylation sites is 1. The Labute approximate surface area is 188 Å². The second kappa shape index (κ2) is 9.78. The first-order chi connectivity index (χ1) is 13.7. The number of fused-ring (bicyclic) bond motifs is 1. The highest BCUT2D eigenvalue weighted by atomic mass is 127. The molecule has 0 bridgehead atoms. The third kappa shape index (κ3) is 5.09. The van der Waals surface area contributed by atoms with E-state index in [0.717, 1.165) is 35.2 Å². The van der Waals surface area contributed by atoms with Crippen molar-refractivity contribution in [3.05, 3.63) is 72.2 Å². The van der Waals surface area contributed by atoms with Gasteiger partial charge in [0.05, 0.1) is 25.0 Å². The highest BCUT2D eigenvalue weighted by Crippen LogP contribution is 2.27. The molecule has 7 heteroatoms. The molecule has 0 aliphatic carbocycles. The van der Waals surface area contributed by atoms with E-state index in [4.69, 9.17) is 4.74 Å². The predicted molar refractivity (Wildman–Crippen MR) is 127 cm³/mol. The molecular formula is C22H26IN5O. The molecule has 2 N–H and O–H groups in total. The number of aromatic amines is 1. The number of ether oxygens (including phenoxy) is 1. The Balaban J connectivity index is 0.00000240. The van der Waals surface area contributed by atoms with Crippen molar-refractivity contribution >= 4 is 29.9 Å². The number of halogens is 1. The van der Waals surface area contributed by atoms with Crippen LogP contribution in [0.2, 0.25) is 0 Å².